The molecule has 1 N–H and O–H groups in total. The normalized spacial score (nSPS) is 16.9. The molecular weight excluding hydrogens is 135 g/mol. The Morgan fingerprint density at radius 2 is 2.38 bits per heavy atom. The summed E-state index contributed by atoms with van der Waals surface area (Å²) in [6, 6.07) is 0. The maximum atomic E-state index is 9.80. The van der Waals surface area contributed by atoms with E-state index in [1.54, 1.807) is 0 Å². The van der Waals surface area contributed by atoms with Crippen LogP contribution in [0.1, 0.15) is 8.29 Å². The van der Waals surface area contributed by atoms with Crippen molar-refractivity contribution in [2.75, 3.05) is 0 Å². The van der Waals surface area contributed by atoms with Gasteiger partial charge in [-0.25, -0.2) is 0 Å². The van der Waals surface area contributed by atoms with Crippen LogP contribution in [0.2, 0.25) is 0 Å². The molecule has 0 aromatic rings. The van der Waals surface area contributed by atoms with E-state index in [0.29, 0.717) is 0 Å². The van der Waals surface area contributed by atoms with E-state index in [2.05, 4.69) is 0 Å². The van der Waals surface area contributed by atoms with E-state index in [1.165, 1.54) is 0 Å². The number of carbonyl (C=O) groups is 1. The smallest absolute Gasteiger partial charge is 0.541 e. The first-order valence-electron chi connectivity index (χ1n) is 2.13. The Bertz CT molecular complexity index is 123. The third-order valence-corrected chi connectivity index (χ3v) is 0.474. The Labute approximate surface area is 91.3 Å². The van der Waals surface area contributed by atoms with E-state index < -0.39 is 11.9 Å². The molecule has 0 aliphatic carbocycles. The van der Waals surface area contributed by atoms with E-state index in [1.807, 2.05) is 0 Å². The summed E-state index contributed by atoms with van der Waals surface area (Å²) in [4.78, 5) is 19.4. The topological polar surface area (TPSA) is 54.4 Å². The first kappa shape index (κ1) is 8.78. The van der Waals surface area contributed by atoms with Crippen LogP contribution in [0.3, 0.4) is 0 Å². The molecule has 0 radical (unpaired) electrons. The summed E-state index contributed by atoms with van der Waals surface area (Å²) in [7, 11) is 0. The second-order valence-corrected chi connectivity index (χ2v) is 1.03. The van der Waals surface area contributed by atoms with Gasteiger partial charge in [-0.2, -0.15) is 0 Å². The van der Waals surface area contributed by atoms with Gasteiger partial charge in [-0.1, -0.05) is 6.92 Å². The molecule has 0 rings (SSSR count). The Morgan fingerprint density at radius 3 is 2.38 bits per heavy atom. The Hall–Kier alpha value is 0.776. The van der Waals surface area contributed by atoms with Crippen LogP contribution in [0.25, 0.3) is 0 Å². The van der Waals surface area contributed by atoms with Gasteiger partial charge in [0.15, 0.2) is 0 Å². The average Bonchev–Trinajstić information content (AvgIpc) is 1.67. The summed E-state index contributed by atoms with van der Waals surface area (Å²) in [6.45, 7) is 0.961. The minimum Gasteiger partial charge on any atom is -0.541 e. The van der Waals surface area contributed by atoms with Crippen LogP contribution in [0.15, 0.2) is 0 Å². The van der Waals surface area contributed by atoms with E-state index in [4.69, 9.17) is 6.48 Å². The van der Waals surface area contributed by atoms with Gasteiger partial charge in [0.1, 0.15) is 0 Å². The summed E-state index contributed by atoms with van der Waals surface area (Å²) >= 11 is 0. The van der Waals surface area contributed by atoms with Crippen LogP contribution in [0, 0.1) is 5.89 Å². The number of carboxylic acids is 1. The Balaban J connectivity index is 0. The zero-order valence-corrected chi connectivity index (χ0v) is 7.89. The van der Waals surface area contributed by atoms with Gasteiger partial charge in [-0.15, -0.1) is 0 Å². The molecule has 0 aliphatic rings. The molecule has 3 nitrogen and oxygen atoms in total. The minimum absolute atomic E-state index is 0. The molecule has 0 saturated carbocycles. The summed E-state index contributed by atoms with van der Waals surface area (Å²) in [5.74, 6) is -3.58. The molecule has 40 valence electrons. The maximum Gasteiger partial charge on any atom is 1.00 e. The number of rotatable bonds is 2. The van der Waals surface area contributed by atoms with Gasteiger partial charge in [0.05, 0.1) is 0 Å². The van der Waals surface area contributed by atoms with Crippen molar-refractivity contribution < 1.29 is 67.5 Å². The first-order valence-corrected chi connectivity index (χ1v) is 1.63. The number of hydrogen-bond donors (Lipinski definition) is 1. The van der Waals surface area contributed by atoms with Crippen molar-refractivity contribution in [2.24, 2.45) is 5.89 Å². The monoisotopic (exact) mass is 141 g/mol. The summed E-state index contributed by atoms with van der Waals surface area (Å²) < 4.78 is 6.61. The molecule has 4 heteroatoms. The van der Waals surface area contributed by atoms with Crippen LogP contribution in [-0.2, 0) is 9.59 Å². The third-order valence-electron chi connectivity index (χ3n) is 0.474. The zero-order valence-electron chi connectivity index (χ0n) is 5.76. The van der Waals surface area contributed by atoms with Crippen LogP contribution in [0.4, 0.5) is 0 Å². The minimum atomic E-state index is -2.10. The van der Waals surface area contributed by atoms with Gasteiger partial charge in [-0.05, 0) is 5.89 Å². The average molecular weight is 141 g/mol. The van der Waals surface area contributed by atoms with Gasteiger partial charge in [0, 0.05) is 1.37 Å². The summed E-state index contributed by atoms with van der Waals surface area (Å²) in [5, 5.41) is 7.99. The van der Waals surface area contributed by atoms with Crippen LogP contribution < -0.4 is 51.4 Å². The molecule has 0 amide bonds. The van der Waals surface area contributed by atoms with Crippen LogP contribution in [0.5, 0.6) is 0 Å². The van der Waals surface area contributed by atoms with Crippen molar-refractivity contribution in [1.82, 2.24) is 0 Å². The fourth-order valence-corrected chi connectivity index (χ4v) is 0.0437. The van der Waals surface area contributed by atoms with Crippen molar-refractivity contribution in [1.29, 1.82) is 0 Å². The van der Waals surface area contributed by atoms with Gasteiger partial charge in [0.25, 0.3) is 5.97 Å². The standard InChI is InChI=1S/C4H5O3.K/c1-3(2-5)4(6)7;/h3H,1H3,(H,6,7);/q-1;+1/i3D;. The third kappa shape index (κ3) is 4.92. The van der Waals surface area contributed by atoms with Gasteiger partial charge >= 0.3 is 51.4 Å². The molecule has 1 atom stereocenters. The Morgan fingerprint density at radius 1 is 2.00 bits per heavy atom. The molecular formula is C4H5KO3. The molecule has 0 aromatic carbocycles. The predicted molar refractivity (Wildman–Crippen MR) is 22.5 cm³/mol. The van der Waals surface area contributed by atoms with Gasteiger partial charge < -0.3 is 9.90 Å². The molecule has 8 heavy (non-hydrogen) atoms. The number of carboxylic acid groups (broad SMARTS) is 1. The number of aliphatic carboxylic acids is 1. The summed E-state index contributed by atoms with van der Waals surface area (Å²) in [5.41, 5.74) is 0. The van der Waals surface area contributed by atoms with Gasteiger partial charge in [0.2, 0.25) is 0 Å². The second-order valence-electron chi connectivity index (χ2n) is 1.03. The molecule has 0 bridgehead atoms. The fraction of sp³-hybridized carbons (Fsp3) is 0.500. The largest absolute Gasteiger partial charge is 1.00 e. The molecule has 0 fully saturated rings. The molecule has 0 aliphatic heterocycles. The van der Waals surface area contributed by atoms with Crippen molar-refractivity contribution >= 4 is 12.3 Å². The molecule has 1 unspecified atom stereocenters. The van der Waals surface area contributed by atoms with Crippen molar-refractivity contribution in [3.05, 3.63) is 0 Å². The quantitative estimate of drug-likeness (QED) is 0.251. The van der Waals surface area contributed by atoms with E-state index in [-0.39, 0.29) is 51.4 Å². The maximum absolute atomic E-state index is 9.80. The van der Waals surface area contributed by atoms with E-state index in [0.717, 1.165) is 13.2 Å². The number of hydrogen-bond acceptors (Lipinski definition) is 2. The molecule has 0 heterocycles. The summed E-state index contributed by atoms with van der Waals surface area (Å²) in [6.07, 6.45) is 1.06. The second kappa shape index (κ2) is 5.90. The van der Waals surface area contributed by atoms with E-state index >= 15 is 0 Å². The fourth-order valence-electron chi connectivity index (χ4n) is 0.0437. The molecule has 0 spiro atoms. The molecule has 0 saturated heterocycles. The zero-order chi connectivity index (χ0) is 6.78. The van der Waals surface area contributed by atoms with E-state index in [9.17, 15) is 9.59 Å². The van der Waals surface area contributed by atoms with Crippen LogP contribution >= 0.6 is 0 Å². The predicted octanol–water partition coefficient (Wildman–Crippen LogP) is -3.18. The first-order chi connectivity index (χ1) is 3.50. The number of carbonyl (C=O) groups excluding carboxylic acids is 1. The van der Waals surface area contributed by atoms with Crippen molar-refractivity contribution in [3.63, 3.8) is 0 Å². The molecule has 0 aromatic heterocycles. The SMILES string of the molecule is [2H]C(C)([C-]=O)C(=O)O.[K+]. The van der Waals surface area contributed by atoms with Crippen molar-refractivity contribution in [3.8, 4) is 0 Å². The van der Waals surface area contributed by atoms with Crippen molar-refractivity contribution in [2.45, 2.75) is 6.92 Å². The van der Waals surface area contributed by atoms with Gasteiger partial charge in [-0.3, -0.25) is 11.1 Å². The van der Waals surface area contributed by atoms with Crippen LogP contribution in [-0.4, -0.2) is 17.4 Å². The Kier molecular flexibility index (Phi) is 6.48.